The van der Waals surface area contributed by atoms with Crippen LogP contribution in [0.5, 0.6) is 5.75 Å². The van der Waals surface area contributed by atoms with Gasteiger partial charge in [0.2, 0.25) is 5.91 Å². The maximum atomic E-state index is 11.3. The second-order valence-corrected chi connectivity index (χ2v) is 7.61. The fourth-order valence-electron chi connectivity index (χ4n) is 4.17. The maximum absolute atomic E-state index is 11.3. The van der Waals surface area contributed by atoms with E-state index >= 15 is 0 Å². The van der Waals surface area contributed by atoms with Gasteiger partial charge in [-0.15, -0.1) is 0 Å². The SMILES string of the molecule is Cn1ncc2c(N3CCC(Oc4cccc5c4ccn5CC(N)=O)CC3)ncnc21. The highest BCUT2D eigenvalue weighted by Crippen LogP contribution is 2.30. The van der Waals surface area contributed by atoms with Gasteiger partial charge in [0, 0.05) is 44.6 Å². The molecule has 9 heteroatoms. The molecular weight excluding hydrogens is 382 g/mol. The molecule has 30 heavy (non-hydrogen) atoms. The number of aryl methyl sites for hydroxylation is 1. The second kappa shape index (κ2) is 7.33. The van der Waals surface area contributed by atoms with Crippen molar-refractivity contribution in [2.45, 2.75) is 25.5 Å². The van der Waals surface area contributed by atoms with Crippen LogP contribution in [0, 0.1) is 0 Å². The summed E-state index contributed by atoms with van der Waals surface area (Å²) in [6, 6.07) is 7.88. The van der Waals surface area contributed by atoms with Gasteiger partial charge in [0.05, 0.1) is 17.1 Å². The van der Waals surface area contributed by atoms with E-state index in [-0.39, 0.29) is 18.6 Å². The van der Waals surface area contributed by atoms with Gasteiger partial charge in [0.15, 0.2) is 5.65 Å². The van der Waals surface area contributed by atoms with Crippen molar-refractivity contribution >= 4 is 33.7 Å². The van der Waals surface area contributed by atoms with Gasteiger partial charge in [0.25, 0.3) is 0 Å². The number of nitrogens with two attached hydrogens (primary N) is 1. The van der Waals surface area contributed by atoms with Gasteiger partial charge in [-0.05, 0) is 18.2 Å². The molecule has 9 nitrogen and oxygen atoms in total. The monoisotopic (exact) mass is 405 g/mol. The molecule has 5 rings (SSSR count). The Balaban J connectivity index is 1.31. The molecule has 0 spiro atoms. The summed E-state index contributed by atoms with van der Waals surface area (Å²) in [5.41, 5.74) is 7.14. The summed E-state index contributed by atoms with van der Waals surface area (Å²) in [4.78, 5) is 22.4. The number of hydrogen-bond acceptors (Lipinski definition) is 6. The molecule has 4 heterocycles. The summed E-state index contributed by atoms with van der Waals surface area (Å²) in [6.07, 6.45) is 7.20. The molecular formula is C21H23N7O2. The van der Waals surface area contributed by atoms with Crippen LogP contribution in [0.3, 0.4) is 0 Å². The van der Waals surface area contributed by atoms with Crippen LogP contribution in [0.15, 0.2) is 43.0 Å². The molecule has 4 aromatic rings. The summed E-state index contributed by atoms with van der Waals surface area (Å²) in [6.45, 7) is 1.86. The van der Waals surface area contributed by atoms with Crippen LogP contribution in [0.25, 0.3) is 21.9 Å². The van der Waals surface area contributed by atoms with E-state index in [1.807, 2.05) is 48.3 Å². The normalized spacial score (nSPS) is 15.2. The number of rotatable bonds is 5. The maximum Gasteiger partial charge on any atom is 0.237 e. The first kappa shape index (κ1) is 18.4. The van der Waals surface area contributed by atoms with Crippen LogP contribution in [0.4, 0.5) is 5.82 Å². The van der Waals surface area contributed by atoms with E-state index in [2.05, 4.69) is 20.0 Å². The number of benzene rings is 1. The Morgan fingerprint density at radius 2 is 2.03 bits per heavy atom. The number of anilines is 1. The minimum absolute atomic E-state index is 0.123. The van der Waals surface area contributed by atoms with Crippen molar-refractivity contribution in [1.29, 1.82) is 0 Å². The van der Waals surface area contributed by atoms with E-state index in [4.69, 9.17) is 10.5 Å². The first-order valence-electron chi connectivity index (χ1n) is 10.0. The number of primary amides is 1. The van der Waals surface area contributed by atoms with Gasteiger partial charge in [-0.3, -0.25) is 9.48 Å². The first-order chi connectivity index (χ1) is 14.6. The van der Waals surface area contributed by atoms with Gasteiger partial charge in [-0.1, -0.05) is 6.07 Å². The number of nitrogens with zero attached hydrogens (tertiary/aromatic N) is 6. The number of ether oxygens (including phenoxy) is 1. The highest BCUT2D eigenvalue weighted by atomic mass is 16.5. The van der Waals surface area contributed by atoms with E-state index in [1.165, 1.54) is 0 Å². The van der Waals surface area contributed by atoms with E-state index in [9.17, 15) is 4.79 Å². The van der Waals surface area contributed by atoms with E-state index in [0.717, 1.165) is 59.4 Å². The molecule has 0 bridgehead atoms. The molecule has 1 aliphatic heterocycles. The summed E-state index contributed by atoms with van der Waals surface area (Å²) < 4.78 is 9.97. The Labute approximate surface area is 173 Å². The van der Waals surface area contributed by atoms with Crippen molar-refractivity contribution in [3.8, 4) is 5.75 Å². The summed E-state index contributed by atoms with van der Waals surface area (Å²) in [5, 5.41) is 6.27. The van der Waals surface area contributed by atoms with Crippen LogP contribution in [0.2, 0.25) is 0 Å². The molecule has 1 aliphatic rings. The van der Waals surface area contributed by atoms with Gasteiger partial charge in [0.1, 0.15) is 30.5 Å². The van der Waals surface area contributed by atoms with E-state index in [0.29, 0.717) is 0 Å². The molecule has 3 aromatic heterocycles. The summed E-state index contributed by atoms with van der Waals surface area (Å²) >= 11 is 0. The molecule has 1 fully saturated rings. The summed E-state index contributed by atoms with van der Waals surface area (Å²) in [7, 11) is 1.89. The number of carbonyl (C=O) groups is 1. The lowest BCUT2D eigenvalue weighted by Gasteiger charge is -2.33. The highest BCUT2D eigenvalue weighted by molar-refractivity contribution is 5.88. The van der Waals surface area contributed by atoms with Gasteiger partial charge < -0.3 is 19.9 Å². The topological polar surface area (TPSA) is 104 Å². The van der Waals surface area contributed by atoms with Crippen molar-refractivity contribution in [2.75, 3.05) is 18.0 Å². The van der Waals surface area contributed by atoms with Crippen LogP contribution < -0.4 is 15.4 Å². The van der Waals surface area contributed by atoms with Crippen molar-refractivity contribution in [3.05, 3.63) is 43.0 Å². The number of fused-ring (bicyclic) bond motifs is 2. The zero-order valence-corrected chi connectivity index (χ0v) is 16.7. The average molecular weight is 405 g/mol. The first-order valence-corrected chi connectivity index (χ1v) is 10.0. The molecule has 154 valence electrons. The number of hydrogen-bond donors (Lipinski definition) is 1. The zero-order valence-electron chi connectivity index (χ0n) is 16.7. The Morgan fingerprint density at radius 1 is 1.20 bits per heavy atom. The van der Waals surface area contributed by atoms with Crippen LogP contribution >= 0.6 is 0 Å². The molecule has 0 saturated carbocycles. The van der Waals surface area contributed by atoms with Gasteiger partial charge in [-0.25, -0.2) is 9.97 Å². The lowest BCUT2D eigenvalue weighted by atomic mass is 10.1. The molecule has 0 aliphatic carbocycles. The third-order valence-electron chi connectivity index (χ3n) is 5.64. The van der Waals surface area contributed by atoms with E-state index < -0.39 is 0 Å². The molecule has 0 unspecified atom stereocenters. The fourth-order valence-corrected chi connectivity index (χ4v) is 4.17. The fraction of sp³-hybridized carbons (Fsp3) is 0.333. The minimum atomic E-state index is -0.362. The van der Waals surface area contributed by atoms with Gasteiger partial charge >= 0.3 is 0 Å². The predicted molar refractivity (Wildman–Crippen MR) is 113 cm³/mol. The summed E-state index contributed by atoms with van der Waals surface area (Å²) in [5.74, 6) is 1.40. The molecule has 1 saturated heterocycles. The Morgan fingerprint density at radius 3 is 2.83 bits per heavy atom. The molecule has 0 radical (unpaired) electrons. The van der Waals surface area contributed by atoms with Crippen molar-refractivity contribution in [3.63, 3.8) is 0 Å². The number of carbonyl (C=O) groups excluding carboxylic acids is 1. The standard InChI is InChI=1S/C21H23N7O2/c1-26-20-16(11-25-26)21(24-13-23-20)27-8-5-14(6-9-27)30-18-4-2-3-17-15(18)7-10-28(17)12-19(22)29/h2-4,7,10-11,13-14H,5-6,8-9,12H2,1H3,(H2,22,29). The lowest BCUT2D eigenvalue weighted by molar-refractivity contribution is -0.118. The quantitative estimate of drug-likeness (QED) is 0.543. The minimum Gasteiger partial charge on any atom is -0.490 e. The smallest absolute Gasteiger partial charge is 0.237 e. The van der Waals surface area contributed by atoms with Crippen LogP contribution in [-0.2, 0) is 18.4 Å². The third-order valence-corrected chi connectivity index (χ3v) is 5.64. The molecule has 0 atom stereocenters. The Bertz CT molecular complexity index is 1220. The molecule has 2 N–H and O–H groups in total. The molecule has 1 aromatic carbocycles. The van der Waals surface area contributed by atoms with E-state index in [1.54, 1.807) is 11.0 Å². The Kier molecular flexibility index (Phi) is 4.50. The van der Waals surface area contributed by atoms with Gasteiger partial charge in [-0.2, -0.15) is 5.10 Å². The second-order valence-electron chi connectivity index (χ2n) is 7.61. The Hall–Kier alpha value is -3.62. The number of aromatic nitrogens is 5. The lowest BCUT2D eigenvalue weighted by Crippen LogP contribution is -2.38. The number of amides is 1. The average Bonchev–Trinajstić information content (AvgIpc) is 3.33. The van der Waals surface area contributed by atoms with Crippen molar-refractivity contribution < 1.29 is 9.53 Å². The molecule has 1 amide bonds. The van der Waals surface area contributed by atoms with Crippen LogP contribution in [0.1, 0.15) is 12.8 Å². The third kappa shape index (κ3) is 3.22. The largest absolute Gasteiger partial charge is 0.490 e. The van der Waals surface area contributed by atoms with Crippen LogP contribution in [-0.4, -0.2) is 49.4 Å². The predicted octanol–water partition coefficient (Wildman–Crippen LogP) is 1.85. The number of piperidine rings is 1. The van der Waals surface area contributed by atoms with Crippen molar-refractivity contribution in [1.82, 2.24) is 24.3 Å². The highest BCUT2D eigenvalue weighted by Gasteiger charge is 2.24. The zero-order chi connectivity index (χ0) is 20.7. The van der Waals surface area contributed by atoms with Crippen molar-refractivity contribution in [2.24, 2.45) is 12.8 Å².